The average Bonchev–Trinajstić information content (AvgIpc) is 3.39. The number of aromatic nitrogens is 3. The molecule has 2 aliphatic rings. The highest BCUT2D eigenvalue weighted by atomic mass is 35.5. The minimum atomic E-state index is -1.62. The fourth-order valence-electron chi connectivity index (χ4n) is 4.68. The zero-order valence-corrected chi connectivity index (χ0v) is 21.4. The number of amides is 1. The summed E-state index contributed by atoms with van der Waals surface area (Å²) in [4.78, 5) is 25.3. The van der Waals surface area contributed by atoms with Crippen LogP contribution in [0.4, 0.5) is 21.7 Å². The number of carbonyl (C=O) groups excluding carboxylic acids is 1. The molecule has 1 aliphatic carbocycles. The second-order valence-corrected chi connectivity index (χ2v) is 10.5. The van der Waals surface area contributed by atoms with Gasteiger partial charge in [-0.25, -0.2) is 19.3 Å². The summed E-state index contributed by atoms with van der Waals surface area (Å²) in [5.41, 5.74) is -0.774. The molecule has 3 heterocycles. The number of pyridine rings is 1. The van der Waals surface area contributed by atoms with Gasteiger partial charge in [-0.1, -0.05) is 24.4 Å². The lowest BCUT2D eigenvalue weighted by molar-refractivity contribution is -0.0245. The van der Waals surface area contributed by atoms with Crippen LogP contribution in [0.3, 0.4) is 0 Å². The van der Waals surface area contributed by atoms with Crippen LogP contribution in [0, 0.1) is 5.92 Å². The lowest BCUT2D eigenvalue weighted by Gasteiger charge is -2.33. The Morgan fingerprint density at radius 2 is 2.03 bits per heavy atom. The third-order valence-corrected chi connectivity index (χ3v) is 7.14. The number of hydrogen-bond donors (Lipinski definition) is 4. The molecule has 0 radical (unpaired) electrons. The third-order valence-electron chi connectivity index (χ3n) is 6.87. The molecule has 1 saturated heterocycles. The van der Waals surface area contributed by atoms with Gasteiger partial charge in [-0.05, 0) is 45.4 Å². The summed E-state index contributed by atoms with van der Waals surface area (Å²) in [5.74, 6) is 0.957. The molecule has 3 atom stereocenters. The summed E-state index contributed by atoms with van der Waals surface area (Å²) in [5, 5.41) is 19.2. The van der Waals surface area contributed by atoms with Crippen LogP contribution >= 0.6 is 11.6 Å². The van der Waals surface area contributed by atoms with Crippen molar-refractivity contribution in [3.8, 4) is 0 Å². The van der Waals surface area contributed by atoms with Crippen molar-refractivity contribution in [1.82, 2.24) is 20.3 Å². The van der Waals surface area contributed by atoms with Crippen LogP contribution in [-0.4, -0.2) is 63.0 Å². The number of anilines is 3. The van der Waals surface area contributed by atoms with Crippen LogP contribution in [0.25, 0.3) is 0 Å². The lowest BCUT2D eigenvalue weighted by atomic mass is 9.93. The predicted octanol–water partition coefficient (Wildman–Crippen LogP) is 4.26. The highest BCUT2D eigenvalue weighted by Crippen LogP contribution is 2.34. The van der Waals surface area contributed by atoms with Crippen molar-refractivity contribution in [3.05, 3.63) is 35.4 Å². The van der Waals surface area contributed by atoms with Crippen LogP contribution in [-0.2, 0) is 4.74 Å². The Bertz CT molecular complexity index is 1040. The highest BCUT2D eigenvalue weighted by molar-refractivity contribution is 6.32. The van der Waals surface area contributed by atoms with Gasteiger partial charge in [-0.15, -0.1) is 0 Å². The number of nitrogens with zero attached hydrogens (tertiary/aromatic N) is 3. The Morgan fingerprint density at radius 3 is 2.69 bits per heavy atom. The van der Waals surface area contributed by atoms with Crippen molar-refractivity contribution in [1.29, 1.82) is 0 Å². The van der Waals surface area contributed by atoms with E-state index >= 15 is 0 Å². The van der Waals surface area contributed by atoms with Crippen molar-refractivity contribution >= 4 is 34.8 Å². The normalized spacial score (nSPS) is 21.7. The number of hydrogen-bond acceptors (Lipinski definition) is 8. The molecular weight excluding hydrogens is 487 g/mol. The number of ether oxygens (including phenoxy) is 1. The maximum absolute atomic E-state index is 14.2. The Balaban J connectivity index is 1.48. The van der Waals surface area contributed by atoms with Gasteiger partial charge in [0.05, 0.1) is 42.3 Å². The smallest absolute Gasteiger partial charge is 0.255 e. The van der Waals surface area contributed by atoms with Crippen molar-refractivity contribution < 1.29 is 19.0 Å². The number of rotatable bonds is 9. The lowest BCUT2D eigenvalue weighted by Crippen LogP contribution is -2.42. The van der Waals surface area contributed by atoms with Crippen LogP contribution in [0.5, 0.6) is 0 Å². The SMILES string of the molecule is CC(C)(O)[C@H](F)CNC(=O)c1cnc(Nc2ncncc2Cl)cc1NC1CCC(C2CCCC2)OC1. The number of nitrogens with one attached hydrogen (secondary N) is 3. The fraction of sp³-hybridized carbons (Fsp3) is 0.600. The first-order chi connectivity index (χ1) is 17.2. The van der Waals surface area contributed by atoms with Gasteiger partial charge in [0.25, 0.3) is 5.91 Å². The van der Waals surface area contributed by atoms with Gasteiger partial charge in [-0.2, -0.15) is 0 Å². The molecule has 196 valence electrons. The van der Waals surface area contributed by atoms with Crippen LogP contribution in [0.1, 0.15) is 62.7 Å². The quantitative estimate of drug-likeness (QED) is 0.387. The molecule has 0 bridgehead atoms. The zero-order chi connectivity index (χ0) is 25.7. The summed E-state index contributed by atoms with van der Waals surface area (Å²) in [6.45, 7) is 2.93. The van der Waals surface area contributed by atoms with E-state index in [4.69, 9.17) is 16.3 Å². The van der Waals surface area contributed by atoms with Gasteiger partial charge < -0.3 is 25.8 Å². The molecular formula is C25H34ClFN6O3. The first-order valence-corrected chi connectivity index (χ1v) is 12.8. The summed E-state index contributed by atoms with van der Waals surface area (Å²) in [6.07, 6.45) is 9.83. The number of halogens is 2. The molecule has 4 rings (SSSR count). The Labute approximate surface area is 215 Å². The van der Waals surface area contributed by atoms with Gasteiger partial charge in [0.2, 0.25) is 0 Å². The second kappa shape index (κ2) is 11.7. The molecule has 4 N–H and O–H groups in total. The largest absolute Gasteiger partial charge is 0.387 e. The number of aliphatic hydroxyl groups is 1. The molecule has 36 heavy (non-hydrogen) atoms. The summed E-state index contributed by atoms with van der Waals surface area (Å²) in [6, 6.07) is 1.71. The van der Waals surface area contributed by atoms with Crippen molar-refractivity contribution in [2.24, 2.45) is 5.92 Å². The molecule has 0 aromatic carbocycles. The van der Waals surface area contributed by atoms with Gasteiger partial charge in [0.15, 0.2) is 5.82 Å². The first kappa shape index (κ1) is 26.5. The van der Waals surface area contributed by atoms with E-state index in [-0.39, 0.29) is 18.2 Å². The zero-order valence-electron chi connectivity index (χ0n) is 20.6. The number of carbonyl (C=O) groups is 1. The van der Waals surface area contributed by atoms with Crippen LogP contribution < -0.4 is 16.0 Å². The maximum atomic E-state index is 14.2. The van der Waals surface area contributed by atoms with E-state index in [2.05, 4.69) is 30.9 Å². The number of alkyl halides is 1. The van der Waals surface area contributed by atoms with Gasteiger partial charge in [0, 0.05) is 18.3 Å². The van der Waals surface area contributed by atoms with E-state index in [1.54, 1.807) is 6.07 Å². The van der Waals surface area contributed by atoms with Crippen LogP contribution in [0.15, 0.2) is 24.8 Å². The van der Waals surface area contributed by atoms with E-state index in [9.17, 15) is 14.3 Å². The van der Waals surface area contributed by atoms with Gasteiger partial charge in [0.1, 0.15) is 23.3 Å². The minimum absolute atomic E-state index is 0.0115. The highest BCUT2D eigenvalue weighted by Gasteiger charge is 2.31. The molecule has 2 fully saturated rings. The average molecular weight is 521 g/mol. The molecule has 1 amide bonds. The predicted molar refractivity (Wildman–Crippen MR) is 136 cm³/mol. The Morgan fingerprint density at radius 1 is 1.25 bits per heavy atom. The molecule has 2 aromatic heterocycles. The maximum Gasteiger partial charge on any atom is 0.255 e. The molecule has 1 aliphatic heterocycles. The van der Waals surface area contributed by atoms with Crippen molar-refractivity contribution in [2.45, 2.75) is 76.3 Å². The van der Waals surface area contributed by atoms with Crippen molar-refractivity contribution in [2.75, 3.05) is 23.8 Å². The van der Waals surface area contributed by atoms with Crippen LogP contribution in [0.2, 0.25) is 5.02 Å². The molecule has 2 unspecified atom stereocenters. The van der Waals surface area contributed by atoms with Gasteiger partial charge >= 0.3 is 0 Å². The Hall–Kier alpha value is -2.56. The summed E-state index contributed by atoms with van der Waals surface area (Å²) in [7, 11) is 0. The minimum Gasteiger partial charge on any atom is -0.387 e. The molecule has 11 heteroatoms. The Kier molecular flexibility index (Phi) is 8.58. The topological polar surface area (TPSA) is 121 Å². The summed E-state index contributed by atoms with van der Waals surface area (Å²) < 4.78 is 20.4. The summed E-state index contributed by atoms with van der Waals surface area (Å²) >= 11 is 6.16. The standard InChI is InChI=1S/C25H34ClFN6O3/c1-25(2,35)21(27)12-30-24(34)17-10-29-22(33-23-18(26)11-28-14-31-23)9-19(17)32-16-7-8-20(36-13-16)15-5-3-4-6-15/h9-11,14-16,20-21,35H,3-8,12-13H2,1-2H3,(H,30,34)(H2,28,29,31,32,33)/t16?,20?,21-/m1/s1. The van der Waals surface area contributed by atoms with E-state index in [0.29, 0.717) is 41.0 Å². The van der Waals surface area contributed by atoms with E-state index in [1.807, 2.05) is 0 Å². The molecule has 1 saturated carbocycles. The van der Waals surface area contributed by atoms with E-state index in [1.165, 1.54) is 58.3 Å². The molecule has 2 aromatic rings. The first-order valence-electron chi connectivity index (χ1n) is 12.5. The van der Waals surface area contributed by atoms with E-state index < -0.39 is 17.7 Å². The fourth-order valence-corrected chi connectivity index (χ4v) is 4.84. The third kappa shape index (κ3) is 6.80. The molecule has 0 spiro atoms. The van der Waals surface area contributed by atoms with E-state index in [0.717, 1.165) is 12.8 Å². The van der Waals surface area contributed by atoms with Crippen molar-refractivity contribution in [3.63, 3.8) is 0 Å². The van der Waals surface area contributed by atoms with Gasteiger partial charge in [-0.3, -0.25) is 4.79 Å². The monoisotopic (exact) mass is 520 g/mol. The molecule has 9 nitrogen and oxygen atoms in total. The second-order valence-electron chi connectivity index (χ2n) is 10.1.